The lowest BCUT2D eigenvalue weighted by Crippen LogP contribution is -2.35. The van der Waals surface area contributed by atoms with Crippen molar-refractivity contribution < 1.29 is 4.39 Å². The van der Waals surface area contributed by atoms with Crippen molar-refractivity contribution in [2.45, 2.75) is 26.4 Å². The van der Waals surface area contributed by atoms with Crippen LogP contribution in [0, 0.1) is 12.7 Å². The van der Waals surface area contributed by atoms with Crippen molar-refractivity contribution in [1.82, 2.24) is 19.9 Å². The summed E-state index contributed by atoms with van der Waals surface area (Å²) in [5.74, 6) is 0.418. The van der Waals surface area contributed by atoms with Crippen molar-refractivity contribution in [3.63, 3.8) is 0 Å². The third-order valence-corrected chi connectivity index (χ3v) is 5.15. The monoisotopic (exact) mass is 356 g/mol. The highest BCUT2D eigenvalue weighted by molar-refractivity contribution is 7.09. The second kappa shape index (κ2) is 6.50. The maximum atomic E-state index is 13.0. The molecule has 0 unspecified atom stereocenters. The van der Waals surface area contributed by atoms with Crippen LogP contribution < -0.4 is 5.56 Å². The van der Waals surface area contributed by atoms with Crippen molar-refractivity contribution >= 4 is 11.3 Å². The van der Waals surface area contributed by atoms with E-state index in [2.05, 4.69) is 19.9 Å². The number of nitrogens with zero attached hydrogens (tertiary/aromatic N) is 3. The van der Waals surface area contributed by atoms with E-state index in [1.165, 1.54) is 12.1 Å². The number of H-pyrrole nitrogens is 1. The summed E-state index contributed by atoms with van der Waals surface area (Å²) in [6, 6.07) is 6.35. The molecule has 128 valence electrons. The zero-order valence-electron chi connectivity index (χ0n) is 13.8. The standard InChI is InChI=1S/C18H17FN4OS/c1-11-20-15-6-7-23(8-14(15)18(24)21-11)9-17-22-16(10-25-17)12-2-4-13(19)5-3-12/h2-5,10H,6-9H2,1H3,(H,20,21,24). The van der Waals surface area contributed by atoms with Gasteiger partial charge in [-0.3, -0.25) is 9.69 Å². The molecule has 1 aliphatic heterocycles. The second-order valence-electron chi connectivity index (χ2n) is 6.17. The Hall–Kier alpha value is -2.38. The molecule has 1 aliphatic rings. The first-order valence-corrected chi connectivity index (χ1v) is 8.98. The first-order valence-electron chi connectivity index (χ1n) is 8.10. The van der Waals surface area contributed by atoms with Gasteiger partial charge < -0.3 is 4.98 Å². The van der Waals surface area contributed by atoms with Crippen LogP contribution in [0.2, 0.25) is 0 Å². The normalized spacial score (nSPS) is 14.5. The molecule has 0 aliphatic carbocycles. The summed E-state index contributed by atoms with van der Waals surface area (Å²) in [5, 5.41) is 2.97. The van der Waals surface area contributed by atoms with Crippen LogP contribution in [-0.4, -0.2) is 26.4 Å². The Morgan fingerprint density at radius 1 is 1.28 bits per heavy atom. The minimum atomic E-state index is -0.250. The van der Waals surface area contributed by atoms with E-state index in [1.807, 2.05) is 5.38 Å². The Kier molecular flexibility index (Phi) is 4.19. The fraction of sp³-hybridized carbons (Fsp3) is 0.278. The van der Waals surface area contributed by atoms with Crippen LogP contribution in [0.5, 0.6) is 0 Å². The first-order chi connectivity index (χ1) is 12.1. The van der Waals surface area contributed by atoms with E-state index in [0.717, 1.165) is 40.5 Å². The molecular weight excluding hydrogens is 339 g/mol. The Morgan fingerprint density at radius 3 is 2.88 bits per heavy atom. The molecule has 1 aromatic carbocycles. The average Bonchev–Trinajstić information content (AvgIpc) is 3.04. The highest BCUT2D eigenvalue weighted by atomic mass is 32.1. The highest BCUT2D eigenvalue weighted by Gasteiger charge is 2.21. The summed E-state index contributed by atoms with van der Waals surface area (Å²) in [6.45, 7) is 3.94. The van der Waals surface area contributed by atoms with Gasteiger partial charge in [-0.1, -0.05) is 0 Å². The lowest BCUT2D eigenvalue weighted by molar-refractivity contribution is 0.241. The van der Waals surface area contributed by atoms with Gasteiger partial charge in [0, 0.05) is 30.5 Å². The van der Waals surface area contributed by atoms with E-state index in [9.17, 15) is 9.18 Å². The van der Waals surface area contributed by atoms with Gasteiger partial charge in [0.15, 0.2) is 0 Å². The molecule has 1 N–H and O–H groups in total. The molecule has 0 spiro atoms. The number of thiazole rings is 1. The number of fused-ring (bicyclic) bond motifs is 1. The zero-order chi connectivity index (χ0) is 17.4. The van der Waals surface area contributed by atoms with E-state index >= 15 is 0 Å². The number of aromatic nitrogens is 3. The van der Waals surface area contributed by atoms with Gasteiger partial charge >= 0.3 is 0 Å². The van der Waals surface area contributed by atoms with E-state index in [-0.39, 0.29) is 11.4 Å². The lowest BCUT2D eigenvalue weighted by Gasteiger charge is -2.26. The van der Waals surface area contributed by atoms with Crippen LogP contribution in [-0.2, 0) is 19.5 Å². The maximum Gasteiger partial charge on any atom is 0.255 e. The summed E-state index contributed by atoms with van der Waals surface area (Å²) in [5.41, 5.74) is 3.38. The second-order valence-corrected chi connectivity index (χ2v) is 7.11. The number of aryl methyl sites for hydroxylation is 1. The van der Waals surface area contributed by atoms with E-state index in [4.69, 9.17) is 0 Å². The molecule has 0 saturated heterocycles. The molecule has 4 rings (SSSR count). The van der Waals surface area contributed by atoms with E-state index in [0.29, 0.717) is 18.9 Å². The quantitative estimate of drug-likeness (QED) is 0.784. The molecular formula is C18H17FN4OS. The van der Waals surface area contributed by atoms with Crippen molar-refractivity contribution in [1.29, 1.82) is 0 Å². The van der Waals surface area contributed by atoms with Crippen LogP contribution >= 0.6 is 11.3 Å². The van der Waals surface area contributed by atoms with Crippen molar-refractivity contribution in [2.24, 2.45) is 0 Å². The van der Waals surface area contributed by atoms with Crippen molar-refractivity contribution in [2.75, 3.05) is 6.54 Å². The van der Waals surface area contributed by atoms with Gasteiger partial charge in [-0.25, -0.2) is 14.4 Å². The van der Waals surface area contributed by atoms with Gasteiger partial charge in [-0.15, -0.1) is 11.3 Å². The van der Waals surface area contributed by atoms with E-state index < -0.39 is 0 Å². The number of aromatic amines is 1. The summed E-state index contributed by atoms with van der Waals surface area (Å²) in [6.07, 6.45) is 0.774. The minimum Gasteiger partial charge on any atom is -0.310 e. The van der Waals surface area contributed by atoms with Crippen LogP contribution in [0.1, 0.15) is 22.1 Å². The largest absolute Gasteiger partial charge is 0.310 e. The molecule has 0 atom stereocenters. The summed E-state index contributed by atoms with van der Waals surface area (Å²) in [4.78, 5) is 26.2. The molecule has 0 saturated carbocycles. The molecule has 0 amide bonds. The minimum absolute atomic E-state index is 0.0432. The number of hydrogen-bond acceptors (Lipinski definition) is 5. The smallest absolute Gasteiger partial charge is 0.255 e. The molecule has 25 heavy (non-hydrogen) atoms. The van der Waals surface area contributed by atoms with Crippen molar-refractivity contribution in [3.05, 3.63) is 67.9 Å². The molecule has 3 aromatic rings. The maximum absolute atomic E-state index is 13.0. The van der Waals surface area contributed by atoms with Gasteiger partial charge in [0.05, 0.1) is 23.5 Å². The predicted octanol–water partition coefficient (Wildman–Crippen LogP) is 2.90. The van der Waals surface area contributed by atoms with Crippen molar-refractivity contribution in [3.8, 4) is 11.3 Å². The number of benzene rings is 1. The average molecular weight is 356 g/mol. The first kappa shape index (κ1) is 16.1. The number of rotatable bonds is 3. The Labute approximate surface area is 148 Å². The number of nitrogens with one attached hydrogen (secondary N) is 1. The molecule has 2 aromatic heterocycles. The Bertz CT molecular complexity index is 964. The molecule has 7 heteroatoms. The van der Waals surface area contributed by atoms with E-state index in [1.54, 1.807) is 30.4 Å². The third kappa shape index (κ3) is 3.38. The topological polar surface area (TPSA) is 61.9 Å². The molecule has 0 radical (unpaired) electrons. The summed E-state index contributed by atoms with van der Waals surface area (Å²) < 4.78 is 13.0. The van der Waals surface area contributed by atoms with Gasteiger partial charge in [-0.05, 0) is 31.2 Å². The fourth-order valence-corrected chi connectivity index (χ4v) is 3.91. The number of hydrogen-bond donors (Lipinski definition) is 1. The van der Waals surface area contributed by atoms with Gasteiger partial charge in [0.25, 0.3) is 5.56 Å². The van der Waals surface area contributed by atoms with Gasteiger partial charge in [0.2, 0.25) is 0 Å². The third-order valence-electron chi connectivity index (χ3n) is 4.32. The number of halogens is 1. The summed E-state index contributed by atoms with van der Waals surface area (Å²) in [7, 11) is 0. The van der Waals surface area contributed by atoms with Gasteiger partial charge in [0.1, 0.15) is 16.6 Å². The molecule has 5 nitrogen and oxygen atoms in total. The Morgan fingerprint density at radius 2 is 2.08 bits per heavy atom. The van der Waals surface area contributed by atoms with Crippen LogP contribution in [0.3, 0.4) is 0 Å². The predicted molar refractivity (Wildman–Crippen MR) is 94.9 cm³/mol. The highest BCUT2D eigenvalue weighted by Crippen LogP contribution is 2.24. The van der Waals surface area contributed by atoms with Gasteiger partial charge in [-0.2, -0.15) is 0 Å². The molecule has 0 bridgehead atoms. The molecule has 0 fully saturated rings. The molecule has 3 heterocycles. The van der Waals surface area contributed by atoms with Crippen LogP contribution in [0.4, 0.5) is 4.39 Å². The lowest BCUT2D eigenvalue weighted by atomic mass is 10.1. The zero-order valence-corrected chi connectivity index (χ0v) is 14.6. The van der Waals surface area contributed by atoms with Crippen LogP contribution in [0.25, 0.3) is 11.3 Å². The fourth-order valence-electron chi connectivity index (χ4n) is 3.07. The SMILES string of the molecule is Cc1nc2c(c(=O)[nH]1)CN(Cc1nc(-c3ccc(F)cc3)cs1)CC2. The summed E-state index contributed by atoms with van der Waals surface area (Å²) >= 11 is 1.58. The Balaban J connectivity index is 1.50. The van der Waals surface area contributed by atoms with Crippen LogP contribution in [0.15, 0.2) is 34.4 Å².